The number of thiophene rings is 1. The van der Waals surface area contributed by atoms with E-state index in [1.807, 2.05) is 0 Å². The minimum absolute atomic E-state index is 0.211. The molecule has 0 aliphatic carbocycles. The number of rotatable bonds is 6. The summed E-state index contributed by atoms with van der Waals surface area (Å²) in [7, 11) is 0. The third-order valence-electron chi connectivity index (χ3n) is 3.66. The first-order valence-electron chi connectivity index (χ1n) is 7.71. The third kappa shape index (κ3) is 3.72. The van der Waals surface area contributed by atoms with Crippen LogP contribution in [0, 0.1) is 5.82 Å². The molecule has 0 aliphatic heterocycles. The summed E-state index contributed by atoms with van der Waals surface area (Å²) >= 11 is 1.17. The Balaban J connectivity index is 1.98. The third-order valence-corrected chi connectivity index (χ3v) is 4.75. The standard InChI is InChI=1S/C18H16FN3O3S/c19-12-5-2-1-4-10(12)15-8-11(17(20)25)18(26-15)22-16-7-3-6-13(21-16)14(24)9-23/h1-8,14,23-24H,9H2,(H2,20,25)(H,21,22). The Labute approximate surface area is 152 Å². The lowest BCUT2D eigenvalue weighted by molar-refractivity contribution is 0.0924. The summed E-state index contributed by atoms with van der Waals surface area (Å²) < 4.78 is 14.0. The maximum absolute atomic E-state index is 14.0. The molecule has 5 N–H and O–H groups in total. The fourth-order valence-electron chi connectivity index (χ4n) is 2.38. The summed E-state index contributed by atoms with van der Waals surface area (Å²) in [4.78, 5) is 16.5. The minimum atomic E-state index is -1.11. The highest BCUT2D eigenvalue weighted by Crippen LogP contribution is 2.37. The second-order valence-electron chi connectivity index (χ2n) is 5.47. The molecule has 1 amide bonds. The topological polar surface area (TPSA) is 108 Å². The van der Waals surface area contributed by atoms with E-state index in [9.17, 15) is 14.3 Å². The van der Waals surface area contributed by atoms with Crippen molar-refractivity contribution >= 4 is 28.1 Å². The van der Waals surface area contributed by atoms with E-state index in [0.29, 0.717) is 21.3 Å². The molecule has 1 aromatic carbocycles. The first-order valence-corrected chi connectivity index (χ1v) is 8.52. The normalized spacial score (nSPS) is 12.0. The van der Waals surface area contributed by atoms with Crippen molar-refractivity contribution in [3.63, 3.8) is 0 Å². The number of nitrogens with zero attached hydrogens (tertiary/aromatic N) is 1. The van der Waals surface area contributed by atoms with Crippen LogP contribution < -0.4 is 11.1 Å². The van der Waals surface area contributed by atoms with E-state index in [0.717, 1.165) is 0 Å². The molecule has 1 unspecified atom stereocenters. The number of carbonyl (C=O) groups excluding carboxylic acids is 1. The number of aliphatic hydroxyl groups excluding tert-OH is 2. The molecule has 3 rings (SSSR count). The predicted octanol–water partition coefficient (Wildman–Crippen LogP) is 2.82. The highest BCUT2D eigenvalue weighted by molar-refractivity contribution is 7.19. The molecular weight excluding hydrogens is 357 g/mol. The average molecular weight is 373 g/mol. The summed E-state index contributed by atoms with van der Waals surface area (Å²) in [6.45, 7) is -0.459. The van der Waals surface area contributed by atoms with Gasteiger partial charge in [0.2, 0.25) is 0 Å². The van der Waals surface area contributed by atoms with Gasteiger partial charge in [-0.2, -0.15) is 0 Å². The van der Waals surface area contributed by atoms with Crippen molar-refractivity contribution in [3.8, 4) is 10.4 Å². The van der Waals surface area contributed by atoms with Gasteiger partial charge in [-0.1, -0.05) is 24.3 Å². The maximum Gasteiger partial charge on any atom is 0.251 e. The second-order valence-corrected chi connectivity index (χ2v) is 6.52. The zero-order chi connectivity index (χ0) is 18.7. The summed E-state index contributed by atoms with van der Waals surface area (Å²) in [5, 5.41) is 22.1. The van der Waals surface area contributed by atoms with Crippen molar-refractivity contribution in [3.05, 3.63) is 65.6 Å². The lowest BCUT2D eigenvalue weighted by Crippen LogP contribution is -2.12. The molecule has 134 valence electrons. The van der Waals surface area contributed by atoms with Crippen LogP contribution in [-0.2, 0) is 0 Å². The number of hydrogen-bond acceptors (Lipinski definition) is 6. The van der Waals surface area contributed by atoms with Crippen LogP contribution in [0.25, 0.3) is 10.4 Å². The van der Waals surface area contributed by atoms with Crippen molar-refractivity contribution in [2.45, 2.75) is 6.10 Å². The van der Waals surface area contributed by atoms with Gasteiger partial charge in [0.05, 0.1) is 17.9 Å². The van der Waals surface area contributed by atoms with Gasteiger partial charge in [-0.05, 0) is 24.3 Å². The van der Waals surface area contributed by atoms with E-state index in [4.69, 9.17) is 10.8 Å². The maximum atomic E-state index is 14.0. The number of halogens is 1. The van der Waals surface area contributed by atoms with Gasteiger partial charge in [0.15, 0.2) is 0 Å². The average Bonchev–Trinajstić information content (AvgIpc) is 3.05. The fraction of sp³-hybridized carbons (Fsp3) is 0.111. The van der Waals surface area contributed by atoms with Gasteiger partial charge in [-0.3, -0.25) is 4.79 Å². The van der Waals surface area contributed by atoms with Gasteiger partial charge in [0.1, 0.15) is 22.7 Å². The number of nitrogens with two attached hydrogens (primary N) is 1. The SMILES string of the molecule is NC(=O)c1cc(-c2ccccc2F)sc1Nc1cccc(C(O)CO)n1. The number of primary amides is 1. The summed E-state index contributed by atoms with van der Waals surface area (Å²) in [5.74, 6) is -0.695. The van der Waals surface area contributed by atoms with Crippen molar-refractivity contribution < 1.29 is 19.4 Å². The molecule has 0 bridgehead atoms. The molecule has 0 saturated carbocycles. The molecule has 0 fully saturated rings. The molecule has 0 saturated heterocycles. The molecule has 0 radical (unpaired) electrons. The Hall–Kier alpha value is -2.81. The predicted molar refractivity (Wildman–Crippen MR) is 97.8 cm³/mol. The highest BCUT2D eigenvalue weighted by Gasteiger charge is 2.17. The molecule has 3 aromatic rings. The van der Waals surface area contributed by atoms with Crippen molar-refractivity contribution in [1.29, 1.82) is 0 Å². The number of anilines is 2. The van der Waals surface area contributed by atoms with Crippen LogP contribution in [0.2, 0.25) is 0 Å². The van der Waals surface area contributed by atoms with Gasteiger partial charge in [0, 0.05) is 10.4 Å². The van der Waals surface area contributed by atoms with Crippen molar-refractivity contribution in [1.82, 2.24) is 4.98 Å². The molecule has 2 aromatic heterocycles. The Morgan fingerprint density at radius 3 is 2.73 bits per heavy atom. The molecule has 0 aliphatic rings. The number of aliphatic hydroxyl groups is 2. The second kappa shape index (κ2) is 7.61. The zero-order valence-electron chi connectivity index (χ0n) is 13.5. The molecule has 0 spiro atoms. The van der Waals surface area contributed by atoms with E-state index >= 15 is 0 Å². The molecule has 2 heterocycles. The van der Waals surface area contributed by atoms with Crippen molar-refractivity contribution in [2.75, 3.05) is 11.9 Å². The number of nitrogens with one attached hydrogen (secondary N) is 1. The number of aromatic nitrogens is 1. The van der Waals surface area contributed by atoms with Crippen LogP contribution in [0.1, 0.15) is 22.2 Å². The molecule has 8 heteroatoms. The Morgan fingerprint density at radius 2 is 2.04 bits per heavy atom. The summed E-state index contributed by atoms with van der Waals surface area (Å²) in [5.41, 5.74) is 6.30. The number of benzene rings is 1. The van der Waals surface area contributed by atoms with Crippen LogP contribution >= 0.6 is 11.3 Å². The van der Waals surface area contributed by atoms with Crippen LogP contribution in [0.3, 0.4) is 0 Å². The van der Waals surface area contributed by atoms with E-state index in [1.54, 1.807) is 36.4 Å². The fourth-order valence-corrected chi connectivity index (χ4v) is 3.47. The molecule has 6 nitrogen and oxygen atoms in total. The van der Waals surface area contributed by atoms with Crippen LogP contribution in [0.15, 0.2) is 48.5 Å². The highest BCUT2D eigenvalue weighted by atomic mass is 32.1. The smallest absolute Gasteiger partial charge is 0.251 e. The largest absolute Gasteiger partial charge is 0.393 e. The minimum Gasteiger partial charge on any atom is -0.393 e. The number of amides is 1. The van der Waals surface area contributed by atoms with E-state index in [-0.39, 0.29) is 11.3 Å². The van der Waals surface area contributed by atoms with E-state index in [1.165, 1.54) is 23.5 Å². The van der Waals surface area contributed by atoms with Gasteiger partial charge in [-0.25, -0.2) is 9.37 Å². The van der Waals surface area contributed by atoms with E-state index in [2.05, 4.69) is 10.3 Å². The Morgan fingerprint density at radius 1 is 1.27 bits per heavy atom. The van der Waals surface area contributed by atoms with Gasteiger partial charge >= 0.3 is 0 Å². The molecule has 1 atom stereocenters. The number of pyridine rings is 1. The Kier molecular flexibility index (Phi) is 5.27. The van der Waals surface area contributed by atoms with Crippen LogP contribution in [-0.4, -0.2) is 27.7 Å². The van der Waals surface area contributed by atoms with Gasteiger partial charge in [-0.15, -0.1) is 11.3 Å². The number of carbonyl (C=O) groups is 1. The first kappa shape index (κ1) is 18.0. The van der Waals surface area contributed by atoms with Gasteiger partial charge < -0.3 is 21.3 Å². The number of hydrogen-bond donors (Lipinski definition) is 4. The molecule has 26 heavy (non-hydrogen) atoms. The summed E-state index contributed by atoms with van der Waals surface area (Å²) in [6.07, 6.45) is -1.11. The van der Waals surface area contributed by atoms with E-state index < -0.39 is 24.4 Å². The quantitative estimate of drug-likeness (QED) is 0.531. The Bertz CT molecular complexity index is 945. The van der Waals surface area contributed by atoms with Crippen LogP contribution in [0.5, 0.6) is 0 Å². The monoisotopic (exact) mass is 373 g/mol. The molecular formula is C18H16FN3O3S. The first-order chi connectivity index (χ1) is 12.5. The lowest BCUT2D eigenvalue weighted by atomic mass is 10.1. The van der Waals surface area contributed by atoms with Crippen molar-refractivity contribution in [2.24, 2.45) is 5.73 Å². The lowest BCUT2D eigenvalue weighted by Gasteiger charge is -2.09. The zero-order valence-corrected chi connectivity index (χ0v) is 14.3. The van der Waals surface area contributed by atoms with Crippen LogP contribution in [0.4, 0.5) is 15.2 Å². The van der Waals surface area contributed by atoms with Gasteiger partial charge in [0.25, 0.3) is 5.91 Å². The summed E-state index contributed by atoms with van der Waals surface area (Å²) in [6, 6.07) is 12.6.